The first-order valence-electron chi connectivity index (χ1n) is 8.66. The fourth-order valence-electron chi connectivity index (χ4n) is 3.17. The van der Waals surface area contributed by atoms with E-state index in [2.05, 4.69) is 72.9 Å². The quantitative estimate of drug-likeness (QED) is 0.438. The van der Waals surface area contributed by atoms with Gasteiger partial charge in [-0.25, -0.2) is 0 Å². The number of carbonyl (C=O) groups is 1. The number of fused-ring (bicyclic) bond motifs is 1. The summed E-state index contributed by atoms with van der Waals surface area (Å²) in [5.74, 6) is 0. The molecule has 0 radical (unpaired) electrons. The van der Waals surface area contributed by atoms with Crippen molar-refractivity contribution in [2.75, 3.05) is 5.32 Å². The molecule has 4 aromatic carbocycles. The van der Waals surface area contributed by atoms with Gasteiger partial charge in [-0.3, -0.25) is 4.79 Å². The highest BCUT2D eigenvalue weighted by molar-refractivity contribution is 6.03. The van der Waals surface area contributed by atoms with Crippen LogP contribution in [0.4, 0.5) is 11.4 Å². The van der Waals surface area contributed by atoms with E-state index in [0.29, 0.717) is 5.56 Å². The molecule has 0 saturated carbocycles. The second-order valence-corrected chi connectivity index (χ2v) is 6.44. The summed E-state index contributed by atoms with van der Waals surface area (Å²) in [4.78, 5) is 10.9. The molecule has 2 nitrogen and oxygen atoms in total. The van der Waals surface area contributed by atoms with E-state index in [1.165, 1.54) is 21.9 Å². The largest absolute Gasteiger partial charge is 0.355 e. The van der Waals surface area contributed by atoms with Gasteiger partial charge in [-0.15, -0.1) is 0 Å². The van der Waals surface area contributed by atoms with Crippen LogP contribution in [0.15, 0.2) is 84.9 Å². The molecule has 0 unspecified atom stereocenters. The summed E-state index contributed by atoms with van der Waals surface area (Å²) in [5.41, 5.74) is 6.28. The second kappa shape index (κ2) is 6.85. The fourth-order valence-corrected chi connectivity index (χ4v) is 3.17. The van der Waals surface area contributed by atoms with Crippen LogP contribution in [0.2, 0.25) is 0 Å². The van der Waals surface area contributed by atoms with E-state index < -0.39 is 0 Å². The second-order valence-electron chi connectivity index (χ2n) is 6.44. The Morgan fingerprint density at radius 3 is 2.23 bits per heavy atom. The van der Waals surface area contributed by atoms with Crippen LogP contribution in [0.5, 0.6) is 0 Å². The van der Waals surface area contributed by atoms with Crippen molar-refractivity contribution in [1.82, 2.24) is 0 Å². The fraction of sp³-hybridized carbons (Fsp3) is 0.0417. The van der Waals surface area contributed by atoms with Gasteiger partial charge in [-0.1, -0.05) is 66.2 Å². The molecule has 126 valence electrons. The van der Waals surface area contributed by atoms with Crippen LogP contribution in [0.3, 0.4) is 0 Å². The molecule has 0 atom stereocenters. The molecule has 0 aromatic heterocycles. The standard InChI is InChI=1S/C24H19NO/c1-17-6-10-20(11-7-17)23-15-12-19-4-2-3-5-22(19)24(23)25-21-13-8-18(16-26)9-14-21/h2-16,25H,1H3. The Bertz CT molecular complexity index is 1060. The zero-order valence-corrected chi connectivity index (χ0v) is 14.6. The van der Waals surface area contributed by atoms with Gasteiger partial charge in [-0.05, 0) is 42.1 Å². The maximum absolute atomic E-state index is 10.9. The van der Waals surface area contributed by atoms with Gasteiger partial charge in [0, 0.05) is 22.2 Å². The van der Waals surface area contributed by atoms with Crippen molar-refractivity contribution in [1.29, 1.82) is 0 Å². The normalized spacial score (nSPS) is 10.7. The average Bonchev–Trinajstić information content (AvgIpc) is 2.70. The van der Waals surface area contributed by atoms with E-state index in [9.17, 15) is 4.79 Å². The number of carbonyl (C=O) groups excluding carboxylic acids is 1. The summed E-state index contributed by atoms with van der Waals surface area (Å²) in [6.45, 7) is 2.10. The third-order valence-electron chi connectivity index (χ3n) is 4.61. The van der Waals surface area contributed by atoms with Crippen molar-refractivity contribution in [3.63, 3.8) is 0 Å². The lowest BCUT2D eigenvalue weighted by Crippen LogP contribution is -1.95. The molecule has 0 aliphatic rings. The number of nitrogens with one attached hydrogen (secondary N) is 1. The van der Waals surface area contributed by atoms with E-state index in [-0.39, 0.29) is 0 Å². The highest BCUT2D eigenvalue weighted by atomic mass is 16.1. The zero-order valence-electron chi connectivity index (χ0n) is 14.6. The Hall–Kier alpha value is -3.39. The summed E-state index contributed by atoms with van der Waals surface area (Å²) < 4.78 is 0. The van der Waals surface area contributed by atoms with E-state index in [1.807, 2.05) is 24.3 Å². The minimum atomic E-state index is 0.673. The lowest BCUT2D eigenvalue weighted by atomic mass is 9.97. The maximum atomic E-state index is 10.9. The minimum absolute atomic E-state index is 0.673. The van der Waals surface area contributed by atoms with Crippen LogP contribution in [-0.2, 0) is 0 Å². The topological polar surface area (TPSA) is 29.1 Å². The molecule has 0 spiro atoms. The molecule has 26 heavy (non-hydrogen) atoms. The Morgan fingerprint density at radius 1 is 0.769 bits per heavy atom. The van der Waals surface area contributed by atoms with Gasteiger partial charge in [-0.2, -0.15) is 0 Å². The first-order chi connectivity index (χ1) is 12.7. The van der Waals surface area contributed by atoms with Gasteiger partial charge in [0.05, 0.1) is 5.69 Å². The molecule has 0 amide bonds. The summed E-state index contributed by atoms with van der Waals surface area (Å²) in [5, 5.41) is 5.93. The van der Waals surface area contributed by atoms with Crippen molar-refractivity contribution in [2.24, 2.45) is 0 Å². The van der Waals surface area contributed by atoms with Crippen molar-refractivity contribution >= 4 is 28.4 Å². The first kappa shape index (κ1) is 16.1. The van der Waals surface area contributed by atoms with Gasteiger partial charge in [0.15, 0.2) is 0 Å². The smallest absolute Gasteiger partial charge is 0.150 e. The zero-order chi connectivity index (χ0) is 17.9. The molecule has 1 N–H and O–H groups in total. The van der Waals surface area contributed by atoms with Gasteiger partial charge in [0.1, 0.15) is 6.29 Å². The molecule has 4 aromatic rings. The summed E-state index contributed by atoms with van der Waals surface area (Å²) in [6.07, 6.45) is 0.861. The molecule has 4 rings (SSSR count). The monoisotopic (exact) mass is 337 g/mol. The van der Waals surface area contributed by atoms with E-state index in [4.69, 9.17) is 0 Å². The Kier molecular flexibility index (Phi) is 4.24. The van der Waals surface area contributed by atoms with Crippen molar-refractivity contribution in [2.45, 2.75) is 6.92 Å². The lowest BCUT2D eigenvalue weighted by molar-refractivity contribution is 0.112. The first-order valence-corrected chi connectivity index (χ1v) is 8.66. The van der Waals surface area contributed by atoms with Crippen LogP contribution in [0, 0.1) is 6.92 Å². The summed E-state index contributed by atoms with van der Waals surface area (Å²) >= 11 is 0. The number of rotatable bonds is 4. The number of aryl methyl sites for hydroxylation is 1. The third kappa shape index (κ3) is 3.09. The Morgan fingerprint density at radius 2 is 1.50 bits per heavy atom. The molecule has 0 aliphatic carbocycles. The molecular weight excluding hydrogens is 318 g/mol. The molecule has 0 heterocycles. The predicted octanol–water partition coefficient (Wildman–Crippen LogP) is 6.37. The van der Waals surface area contributed by atoms with Gasteiger partial charge < -0.3 is 5.32 Å². The Labute approximate surface area is 153 Å². The molecule has 0 fully saturated rings. The molecular formula is C24H19NO. The number of benzene rings is 4. The van der Waals surface area contributed by atoms with Gasteiger partial charge in [0.2, 0.25) is 0 Å². The highest BCUT2D eigenvalue weighted by Gasteiger charge is 2.10. The molecule has 0 saturated heterocycles. The van der Waals surface area contributed by atoms with Crippen LogP contribution in [0.25, 0.3) is 21.9 Å². The minimum Gasteiger partial charge on any atom is -0.355 e. The van der Waals surface area contributed by atoms with Crippen molar-refractivity contribution < 1.29 is 4.79 Å². The van der Waals surface area contributed by atoms with Crippen LogP contribution >= 0.6 is 0 Å². The molecule has 2 heteroatoms. The van der Waals surface area contributed by atoms with Crippen molar-refractivity contribution in [3.8, 4) is 11.1 Å². The number of anilines is 2. The predicted molar refractivity (Wildman–Crippen MR) is 109 cm³/mol. The van der Waals surface area contributed by atoms with Gasteiger partial charge in [0.25, 0.3) is 0 Å². The van der Waals surface area contributed by atoms with Crippen LogP contribution in [-0.4, -0.2) is 6.29 Å². The number of hydrogen-bond donors (Lipinski definition) is 1. The van der Waals surface area contributed by atoms with Crippen LogP contribution < -0.4 is 5.32 Å². The van der Waals surface area contributed by atoms with Crippen LogP contribution in [0.1, 0.15) is 15.9 Å². The highest BCUT2D eigenvalue weighted by Crippen LogP contribution is 2.36. The average molecular weight is 337 g/mol. The number of aldehydes is 1. The molecule has 0 bridgehead atoms. The molecule has 0 aliphatic heterocycles. The third-order valence-corrected chi connectivity index (χ3v) is 4.61. The van der Waals surface area contributed by atoms with E-state index in [0.717, 1.165) is 23.2 Å². The lowest BCUT2D eigenvalue weighted by Gasteiger charge is -2.16. The van der Waals surface area contributed by atoms with Gasteiger partial charge >= 0.3 is 0 Å². The maximum Gasteiger partial charge on any atom is 0.150 e. The van der Waals surface area contributed by atoms with E-state index >= 15 is 0 Å². The summed E-state index contributed by atoms with van der Waals surface area (Å²) in [7, 11) is 0. The van der Waals surface area contributed by atoms with E-state index in [1.54, 1.807) is 0 Å². The number of hydrogen-bond acceptors (Lipinski definition) is 2. The Balaban J connectivity index is 1.87. The van der Waals surface area contributed by atoms with Crippen molar-refractivity contribution in [3.05, 3.63) is 96.1 Å². The SMILES string of the molecule is Cc1ccc(-c2ccc3ccccc3c2Nc2ccc(C=O)cc2)cc1. The summed E-state index contributed by atoms with van der Waals surface area (Å²) in [6, 6.07) is 28.8.